The van der Waals surface area contributed by atoms with E-state index >= 15 is 0 Å². The summed E-state index contributed by atoms with van der Waals surface area (Å²) >= 11 is 0. The second kappa shape index (κ2) is 5.30. The summed E-state index contributed by atoms with van der Waals surface area (Å²) < 4.78 is 0. The number of nitrogens with one attached hydrogen (secondary N) is 2. The zero-order valence-corrected chi connectivity index (χ0v) is 10.0. The SMILES string of the molecule is CCC(C)(CN)C(=O)NCC1CCC(=O)N1. The molecule has 1 saturated heterocycles. The van der Waals surface area contributed by atoms with Gasteiger partial charge < -0.3 is 16.4 Å². The van der Waals surface area contributed by atoms with Gasteiger partial charge in [0.1, 0.15) is 0 Å². The van der Waals surface area contributed by atoms with Gasteiger partial charge in [-0.2, -0.15) is 0 Å². The van der Waals surface area contributed by atoms with Gasteiger partial charge in [0, 0.05) is 25.6 Å². The zero-order valence-electron chi connectivity index (χ0n) is 10.0. The Bertz CT molecular complexity index is 274. The van der Waals surface area contributed by atoms with Crippen LogP contribution in [0.4, 0.5) is 0 Å². The molecular weight excluding hydrogens is 206 g/mol. The highest BCUT2D eigenvalue weighted by atomic mass is 16.2. The van der Waals surface area contributed by atoms with Crippen LogP contribution in [0, 0.1) is 5.41 Å². The molecule has 0 aliphatic carbocycles. The minimum absolute atomic E-state index is 0.0290. The van der Waals surface area contributed by atoms with Crippen LogP contribution in [0.5, 0.6) is 0 Å². The van der Waals surface area contributed by atoms with Crippen molar-refractivity contribution in [1.29, 1.82) is 0 Å². The quantitative estimate of drug-likeness (QED) is 0.606. The fraction of sp³-hybridized carbons (Fsp3) is 0.818. The molecule has 5 heteroatoms. The van der Waals surface area contributed by atoms with Crippen molar-refractivity contribution >= 4 is 11.8 Å². The predicted molar refractivity (Wildman–Crippen MR) is 61.6 cm³/mol. The molecule has 0 saturated carbocycles. The van der Waals surface area contributed by atoms with E-state index in [2.05, 4.69) is 10.6 Å². The summed E-state index contributed by atoms with van der Waals surface area (Å²) in [7, 11) is 0. The summed E-state index contributed by atoms with van der Waals surface area (Å²) in [5.41, 5.74) is 5.10. The molecule has 92 valence electrons. The Kier molecular flexibility index (Phi) is 4.29. The van der Waals surface area contributed by atoms with E-state index in [0.29, 0.717) is 25.9 Å². The second-order valence-corrected chi connectivity index (χ2v) is 4.63. The van der Waals surface area contributed by atoms with Crippen LogP contribution in [0.1, 0.15) is 33.1 Å². The topological polar surface area (TPSA) is 84.2 Å². The largest absolute Gasteiger partial charge is 0.354 e. The van der Waals surface area contributed by atoms with Gasteiger partial charge >= 0.3 is 0 Å². The van der Waals surface area contributed by atoms with Gasteiger partial charge in [0.25, 0.3) is 0 Å². The second-order valence-electron chi connectivity index (χ2n) is 4.63. The molecular formula is C11H21N3O2. The first-order valence-electron chi connectivity index (χ1n) is 5.79. The van der Waals surface area contributed by atoms with Gasteiger partial charge in [0.15, 0.2) is 0 Å². The van der Waals surface area contributed by atoms with E-state index in [9.17, 15) is 9.59 Å². The Morgan fingerprint density at radius 2 is 2.38 bits per heavy atom. The Labute approximate surface area is 96.1 Å². The molecule has 16 heavy (non-hydrogen) atoms. The molecule has 0 spiro atoms. The number of amides is 2. The summed E-state index contributed by atoms with van der Waals surface area (Å²) in [6, 6.07) is 0.0790. The van der Waals surface area contributed by atoms with E-state index in [4.69, 9.17) is 5.73 Å². The summed E-state index contributed by atoms with van der Waals surface area (Å²) in [6.45, 7) is 4.64. The minimum atomic E-state index is -0.497. The van der Waals surface area contributed by atoms with Gasteiger partial charge in [-0.1, -0.05) is 6.92 Å². The molecule has 0 aromatic carbocycles. The normalized spacial score (nSPS) is 23.7. The summed E-state index contributed by atoms with van der Waals surface area (Å²) in [4.78, 5) is 22.8. The maximum atomic E-state index is 11.9. The third kappa shape index (κ3) is 2.95. The van der Waals surface area contributed by atoms with E-state index in [-0.39, 0.29) is 17.9 Å². The van der Waals surface area contributed by atoms with Crippen LogP contribution in [0.3, 0.4) is 0 Å². The number of nitrogens with two attached hydrogens (primary N) is 1. The van der Waals surface area contributed by atoms with Gasteiger partial charge in [0.05, 0.1) is 5.41 Å². The molecule has 1 fully saturated rings. The van der Waals surface area contributed by atoms with Gasteiger partial charge in [0.2, 0.25) is 11.8 Å². The minimum Gasteiger partial charge on any atom is -0.354 e. The Hall–Kier alpha value is -1.10. The third-order valence-electron chi connectivity index (χ3n) is 3.37. The lowest BCUT2D eigenvalue weighted by molar-refractivity contribution is -0.130. The van der Waals surface area contributed by atoms with Crippen molar-refractivity contribution < 1.29 is 9.59 Å². The van der Waals surface area contributed by atoms with Crippen LogP contribution in [-0.4, -0.2) is 30.9 Å². The van der Waals surface area contributed by atoms with Crippen molar-refractivity contribution in [3.05, 3.63) is 0 Å². The van der Waals surface area contributed by atoms with Crippen LogP contribution < -0.4 is 16.4 Å². The lowest BCUT2D eigenvalue weighted by Gasteiger charge is -2.25. The lowest BCUT2D eigenvalue weighted by Crippen LogP contribution is -2.47. The van der Waals surface area contributed by atoms with Crippen molar-refractivity contribution in [3.8, 4) is 0 Å². The molecule has 1 aliphatic rings. The van der Waals surface area contributed by atoms with E-state index in [0.717, 1.165) is 6.42 Å². The average Bonchev–Trinajstić information content (AvgIpc) is 2.70. The summed E-state index contributed by atoms with van der Waals surface area (Å²) in [5, 5.41) is 5.67. The first kappa shape index (κ1) is 13.0. The van der Waals surface area contributed by atoms with Gasteiger partial charge in [-0.15, -0.1) is 0 Å². The first-order valence-corrected chi connectivity index (χ1v) is 5.79. The monoisotopic (exact) mass is 227 g/mol. The van der Waals surface area contributed by atoms with E-state index < -0.39 is 5.41 Å². The van der Waals surface area contributed by atoms with Crippen LogP contribution in [0.2, 0.25) is 0 Å². The third-order valence-corrected chi connectivity index (χ3v) is 3.37. The summed E-state index contributed by atoms with van der Waals surface area (Å²) in [6.07, 6.45) is 2.07. The molecule has 4 N–H and O–H groups in total. The number of carbonyl (C=O) groups is 2. The maximum absolute atomic E-state index is 11.9. The van der Waals surface area contributed by atoms with Gasteiger partial charge in [-0.05, 0) is 19.8 Å². The van der Waals surface area contributed by atoms with Crippen LogP contribution in [-0.2, 0) is 9.59 Å². The zero-order chi connectivity index (χ0) is 12.2. The number of hydrogen-bond acceptors (Lipinski definition) is 3. The Morgan fingerprint density at radius 3 is 2.81 bits per heavy atom. The molecule has 2 unspecified atom stereocenters. The maximum Gasteiger partial charge on any atom is 0.227 e. The molecule has 5 nitrogen and oxygen atoms in total. The number of hydrogen-bond donors (Lipinski definition) is 3. The van der Waals surface area contributed by atoms with Crippen molar-refractivity contribution in [1.82, 2.24) is 10.6 Å². The highest BCUT2D eigenvalue weighted by molar-refractivity contribution is 5.83. The molecule has 2 atom stereocenters. The number of rotatable bonds is 5. The number of carbonyl (C=O) groups excluding carboxylic acids is 2. The molecule has 0 aromatic heterocycles. The highest BCUT2D eigenvalue weighted by Crippen LogP contribution is 2.19. The summed E-state index contributed by atoms with van der Waals surface area (Å²) in [5.74, 6) is 0.0370. The Morgan fingerprint density at radius 1 is 1.69 bits per heavy atom. The molecule has 0 bridgehead atoms. The molecule has 1 heterocycles. The van der Waals surface area contributed by atoms with Crippen molar-refractivity contribution in [3.63, 3.8) is 0 Å². The van der Waals surface area contributed by atoms with Crippen LogP contribution >= 0.6 is 0 Å². The average molecular weight is 227 g/mol. The van der Waals surface area contributed by atoms with E-state index in [1.807, 2.05) is 13.8 Å². The highest BCUT2D eigenvalue weighted by Gasteiger charge is 2.30. The molecule has 2 amide bonds. The first-order chi connectivity index (χ1) is 7.51. The lowest BCUT2D eigenvalue weighted by atomic mass is 9.86. The molecule has 0 aromatic rings. The Balaban J connectivity index is 2.37. The smallest absolute Gasteiger partial charge is 0.227 e. The van der Waals surface area contributed by atoms with Gasteiger partial charge in [-0.25, -0.2) is 0 Å². The fourth-order valence-electron chi connectivity index (χ4n) is 1.66. The van der Waals surface area contributed by atoms with E-state index in [1.54, 1.807) is 0 Å². The fourth-order valence-corrected chi connectivity index (χ4v) is 1.66. The van der Waals surface area contributed by atoms with E-state index in [1.165, 1.54) is 0 Å². The molecule has 1 rings (SSSR count). The molecule has 0 radical (unpaired) electrons. The predicted octanol–water partition coefficient (Wildman–Crippen LogP) is -0.244. The van der Waals surface area contributed by atoms with Crippen LogP contribution in [0.15, 0.2) is 0 Å². The van der Waals surface area contributed by atoms with Crippen LogP contribution in [0.25, 0.3) is 0 Å². The molecule has 1 aliphatic heterocycles. The van der Waals surface area contributed by atoms with Crippen molar-refractivity contribution in [2.75, 3.05) is 13.1 Å². The standard InChI is InChI=1S/C11H21N3O2/c1-3-11(2,7-12)10(16)13-6-8-4-5-9(15)14-8/h8H,3-7,12H2,1-2H3,(H,13,16)(H,14,15). The van der Waals surface area contributed by atoms with Gasteiger partial charge in [-0.3, -0.25) is 9.59 Å². The van der Waals surface area contributed by atoms with Crippen molar-refractivity contribution in [2.24, 2.45) is 11.1 Å². The van der Waals surface area contributed by atoms with Crippen molar-refractivity contribution in [2.45, 2.75) is 39.2 Å².